The summed E-state index contributed by atoms with van der Waals surface area (Å²) in [4.78, 5) is 33.0. The fraction of sp³-hybridized carbons (Fsp3) is 0.409. The number of esters is 1. The van der Waals surface area contributed by atoms with Crippen molar-refractivity contribution in [3.63, 3.8) is 0 Å². The Labute approximate surface area is 191 Å². The first kappa shape index (κ1) is 23.2. The van der Waals surface area contributed by atoms with Crippen LogP contribution in [0.3, 0.4) is 0 Å². The van der Waals surface area contributed by atoms with E-state index in [1.165, 1.54) is 6.20 Å². The number of ether oxygens (including phenoxy) is 2. The molecule has 0 radical (unpaired) electrons. The molecule has 2 aromatic rings. The summed E-state index contributed by atoms with van der Waals surface area (Å²) in [6, 6.07) is 8.42. The van der Waals surface area contributed by atoms with Gasteiger partial charge in [-0.2, -0.15) is 0 Å². The Balaban J connectivity index is 1.58. The molecule has 1 unspecified atom stereocenters. The smallest absolute Gasteiger partial charge is 0.339 e. The van der Waals surface area contributed by atoms with E-state index in [1.54, 1.807) is 49.1 Å². The van der Waals surface area contributed by atoms with E-state index in [4.69, 9.17) is 32.7 Å². The van der Waals surface area contributed by atoms with Crippen molar-refractivity contribution in [2.75, 3.05) is 37.7 Å². The predicted octanol–water partition coefficient (Wildman–Crippen LogP) is 4.07. The molecule has 1 atom stereocenters. The first-order valence-electron chi connectivity index (χ1n) is 10.2. The van der Waals surface area contributed by atoms with Crippen molar-refractivity contribution in [2.24, 2.45) is 0 Å². The number of hydrogen-bond donors (Lipinski definition) is 0. The SMILES string of the molecule is CCOC(=O)c1ccc(N2CCCN(C(=O)C(C)Oc3ccc(Cl)cc3Cl)CC2)nc1. The topological polar surface area (TPSA) is 72.0 Å². The summed E-state index contributed by atoms with van der Waals surface area (Å²) in [6.07, 6.45) is 1.64. The maximum atomic E-state index is 12.9. The molecule has 1 aliphatic rings. The van der Waals surface area contributed by atoms with Gasteiger partial charge in [-0.05, 0) is 50.6 Å². The standard InChI is InChI=1S/C22H25Cl2N3O4/c1-3-30-22(29)16-5-8-20(25-14-16)26-9-4-10-27(12-11-26)21(28)15(2)31-19-7-6-17(23)13-18(19)24/h5-8,13-15H,3-4,9-12H2,1-2H3. The van der Waals surface area contributed by atoms with Gasteiger partial charge in [0.25, 0.3) is 5.91 Å². The van der Waals surface area contributed by atoms with Gasteiger partial charge in [-0.3, -0.25) is 4.79 Å². The van der Waals surface area contributed by atoms with Gasteiger partial charge in [-0.15, -0.1) is 0 Å². The summed E-state index contributed by atoms with van der Waals surface area (Å²) < 4.78 is 10.8. The minimum atomic E-state index is -0.674. The van der Waals surface area contributed by atoms with Crippen molar-refractivity contribution in [1.29, 1.82) is 0 Å². The fourth-order valence-electron chi connectivity index (χ4n) is 3.34. The van der Waals surface area contributed by atoms with Gasteiger partial charge < -0.3 is 19.3 Å². The van der Waals surface area contributed by atoms with Crippen LogP contribution >= 0.6 is 23.2 Å². The lowest BCUT2D eigenvalue weighted by molar-refractivity contribution is -0.137. The van der Waals surface area contributed by atoms with E-state index in [9.17, 15) is 9.59 Å². The molecule has 1 aromatic carbocycles. The van der Waals surface area contributed by atoms with Crippen molar-refractivity contribution in [1.82, 2.24) is 9.88 Å². The fourth-order valence-corrected chi connectivity index (χ4v) is 3.80. The lowest BCUT2D eigenvalue weighted by atomic mass is 10.2. The Hall–Kier alpha value is -2.51. The predicted molar refractivity (Wildman–Crippen MR) is 120 cm³/mol. The van der Waals surface area contributed by atoms with Crippen LogP contribution in [0.2, 0.25) is 10.0 Å². The number of anilines is 1. The second kappa shape index (κ2) is 10.7. The van der Waals surface area contributed by atoms with E-state index < -0.39 is 6.10 Å². The van der Waals surface area contributed by atoms with Gasteiger partial charge >= 0.3 is 5.97 Å². The molecule has 7 nitrogen and oxygen atoms in total. The monoisotopic (exact) mass is 465 g/mol. The summed E-state index contributed by atoms with van der Waals surface area (Å²) in [5.41, 5.74) is 0.420. The third-order valence-corrected chi connectivity index (χ3v) is 5.47. The highest BCUT2D eigenvalue weighted by atomic mass is 35.5. The van der Waals surface area contributed by atoms with Crippen LogP contribution < -0.4 is 9.64 Å². The Kier molecular flexibility index (Phi) is 7.98. The van der Waals surface area contributed by atoms with E-state index >= 15 is 0 Å². The number of nitrogens with zero attached hydrogens (tertiary/aromatic N) is 3. The molecular weight excluding hydrogens is 441 g/mol. The van der Waals surface area contributed by atoms with Gasteiger partial charge in [-0.25, -0.2) is 9.78 Å². The number of pyridine rings is 1. The quantitative estimate of drug-likeness (QED) is 0.598. The number of aromatic nitrogens is 1. The molecule has 0 bridgehead atoms. The number of carbonyl (C=O) groups is 2. The van der Waals surface area contributed by atoms with Crippen LogP contribution in [0.25, 0.3) is 0 Å². The molecule has 0 spiro atoms. The normalized spacial score (nSPS) is 15.2. The van der Waals surface area contributed by atoms with Gasteiger partial charge in [0.15, 0.2) is 6.10 Å². The lowest BCUT2D eigenvalue weighted by Gasteiger charge is -2.25. The van der Waals surface area contributed by atoms with Crippen molar-refractivity contribution in [3.05, 3.63) is 52.1 Å². The van der Waals surface area contributed by atoms with Crippen LogP contribution in [0.1, 0.15) is 30.6 Å². The highest BCUT2D eigenvalue weighted by molar-refractivity contribution is 6.35. The van der Waals surface area contributed by atoms with Crippen molar-refractivity contribution < 1.29 is 19.1 Å². The Bertz CT molecular complexity index is 923. The molecular formula is C22H25Cl2N3O4. The second-order valence-corrected chi connectivity index (χ2v) is 7.97. The minimum Gasteiger partial charge on any atom is -0.479 e. The summed E-state index contributed by atoms with van der Waals surface area (Å²) >= 11 is 12.1. The van der Waals surface area contributed by atoms with Crippen LogP contribution in [0.4, 0.5) is 5.82 Å². The first-order valence-corrected chi connectivity index (χ1v) is 10.9. The molecule has 1 aliphatic heterocycles. The van der Waals surface area contributed by atoms with Crippen LogP contribution in [-0.2, 0) is 9.53 Å². The van der Waals surface area contributed by atoms with Crippen LogP contribution in [0, 0.1) is 0 Å². The Morgan fingerprint density at radius 1 is 1.13 bits per heavy atom. The number of amides is 1. The van der Waals surface area contributed by atoms with Crippen LogP contribution in [0.5, 0.6) is 5.75 Å². The summed E-state index contributed by atoms with van der Waals surface area (Å²) in [7, 11) is 0. The number of halogens is 2. The molecule has 0 saturated carbocycles. The minimum absolute atomic E-state index is 0.0986. The van der Waals surface area contributed by atoms with E-state index in [0.29, 0.717) is 47.6 Å². The third-order valence-electron chi connectivity index (χ3n) is 4.94. The average molecular weight is 466 g/mol. The number of rotatable bonds is 6. The first-order chi connectivity index (χ1) is 14.9. The van der Waals surface area contributed by atoms with Crippen molar-refractivity contribution >= 4 is 40.9 Å². The molecule has 1 saturated heterocycles. The summed E-state index contributed by atoms with van der Waals surface area (Å²) in [6.45, 7) is 6.36. The van der Waals surface area contributed by atoms with E-state index in [2.05, 4.69) is 9.88 Å². The molecule has 3 rings (SSSR count). The summed E-state index contributed by atoms with van der Waals surface area (Å²) in [5.74, 6) is 0.705. The van der Waals surface area contributed by atoms with Gasteiger partial charge in [-0.1, -0.05) is 23.2 Å². The molecule has 0 aliphatic carbocycles. The van der Waals surface area contributed by atoms with Crippen LogP contribution in [0.15, 0.2) is 36.5 Å². The van der Waals surface area contributed by atoms with Crippen molar-refractivity contribution in [2.45, 2.75) is 26.4 Å². The Morgan fingerprint density at radius 3 is 2.61 bits per heavy atom. The molecule has 2 heterocycles. The van der Waals surface area contributed by atoms with Gasteiger partial charge in [0, 0.05) is 37.4 Å². The van der Waals surface area contributed by atoms with Gasteiger partial charge in [0.2, 0.25) is 0 Å². The molecule has 9 heteroatoms. The number of benzene rings is 1. The average Bonchev–Trinajstić information content (AvgIpc) is 3.01. The third kappa shape index (κ3) is 6.02. The van der Waals surface area contributed by atoms with E-state index in [-0.39, 0.29) is 11.9 Å². The second-order valence-electron chi connectivity index (χ2n) is 7.13. The van der Waals surface area contributed by atoms with Gasteiger partial charge in [0.1, 0.15) is 11.6 Å². The molecule has 1 amide bonds. The van der Waals surface area contributed by atoms with Crippen molar-refractivity contribution in [3.8, 4) is 5.75 Å². The number of hydrogen-bond acceptors (Lipinski definition) is 6. The van der Waals surface area contributed by atoms with Crippen LogP contribution in [-0.4, -0.2) is 60.7 Å². The van der Waals surface area contributed by atoms with E-state index in [0.717, 1.165) is 18.8 Å². The zero-order valence-corrected chi connectivity index (χ0v) is 19.0. The molecule has 166 valence electrons. The molecule has 31 heavy (non-hydrogen) atoms. The molecule has 1 fully saturated rings. The Morgan fingerprint density at radius 2 is 1.94 bits per heavy atom. The highest BCUT2D eigenvalue weighted by Gasteiger charge is 2.25. The van der Waals surface area contributed by atoms with Gasteiger partial charge in [0.05, 0.1) is 17.2 Å². The highest BCUT2D eigenvalue weighted by Crippen LogP contribution is 2.28. The largest absolute Gasteiger partial charge is 0.479 e. The molecule has 1 aromatic heterocycles. The lowest BCUT2D eigenvalue weighted by Crippen LogP contribution is -2.42. The van der Waals surface area contributed by atoms with E-state index in [1.807, 2.05) is 0 Å². The zero-order valence-electron chi connectivity index (χ0n) is 17.5. The maximum absolute atomic E-state index is 12.9. The summed E-state index contributed by atoms with van der Waals surface area (Å²) in [5, 5.41) is 0.874. The number of carbonyl (C=O) groups excluding carboxylic acids is 2. The molecule has 0 N–H and O–H groups in total. The zero-order chi connectivity index (χ0) is 22.4. The maximum Gasteiger partial charge on any atom is 0.339 e.